The number of sulfonamides is 1. The molecule has 0 radical (unpaired) electrons. The zero-order valence-corrected chi connectivity index (χ0v) is 12.0. The number of benzene rings is 1. The van der Waals surface area contributed by atoms with Crippen LogP contribution in [0, 0.1) is 0 Å². The van der Waals surface area contributed by atoms with Gasteiger partial charge >= 0.3 is 0 Å². The molecule has 1 aromatic carbocycles. The smallest absolute Gasteiger partial charge is 0.238 e. The predicted octanol–water partition coefficient (Wildman–Crippen LogP) is 0.583. The Bertz CT molecular complexity index is 686. The fourth-order valence-corrected chi connectivity index (χ4v) is 4.33. The molecule has 2 heterocycles. The maximum atomic E-state index is 12.3. The van der Waals surface area contributed by atoms with Crippen molar-refractivity contribution in [2.45, 2.75) is 12.0 Å². The van der Waals surface area contributed by atoms with E-state index in [4.69, 9.17) is 10.5 Å². The number of hydrogen-bond donors (Lipinski definition) is 2. The van der Waals surface area contributed by atoms with E-state index in [0.717, 1.165) is 5.56 Å². The van der Waals surface area contributed by atoms with Crippen LogP contribution in [-0.4, -0.2) is 32.1 Å². The van der Waals surface area contributed by atoms with Gasteiger partial charge in [0.15, 0.2) is 0 Å². The quantitative estimate of drug-likeness (QED) is 0.684. The van der Waals surface area contributed by atoms with Gasteiger partial charge in [0.25, 0.3) is 0 Å². The van der Waals surface area contributed by atoms with E-state index in [1.165, 1.54) is 11.4 Å². The lowest BCUT2D eigenvalue weighted by atomic mass is 9.85. The molecule has 0 aliphatic carbocycles. The van der Waals surface area contributed by atoms with E-state index in [1.54, 1.807) is 18.2 Å². The Kier molecular flexibility index (Phi) is 2.66. The Morgan fingerprint density at radius 2 is 2.25 bits per heavy atom. The lowest BCUT2D eigenvalue weighted by molar-refractivity contribution is 0.194. The van der Waals surface area contributed by atoms with Crippen molar-refractivity contribution < 1.29 is 13.2 Å². The molecule has 0 amide bonds. The summed E-state index contributed by atoms with van der Waals surface area (Å²) in [7, 11) is -1.90. The molecular formula is C13H17N3O3S. The van der Waals surface area contributed by atoms with Gasteiger partial charge in [0.2, 0.25) is 10.0 Å². The van der Waals surface area contributed by atoms with Gasteiger partial charge in [-0.25, -0.2) is 8.42 Å². The Labute approximate surface area is 118 Å². The van der Waals surface area contributed by atoms with Gasteiger partial charge < -0.3 is 15.8 Å². The minimum absolute atomic E-state index is 0.0324. The monoisotopic (exact) mass is 295 g/mol. The summed E-state index contributed by atoms with van der Waals surface area (Å²) in [5, 5.41) is 3.24. The normalized spacial score (nSPS) is 27.6. The molecule has 1 fully saturated rings. The summed E-state index contributed by atoms with van der Waals surface area (Å²) in [6.45, 7) is 4.25. The number of ether oxygens (including phenoxy) is 1. The van der Waals surface area contributed by atoms with Crippen LogP contribution >= 0.6 is 0 Å². The fourth-order valence-electron chi connectivity index (χ4n) is 2.76. The molecule has 2 aliphatic heterocycles. The number of nitrogens with two attached hydrogens (primary N) is 1. The van der Waals surface area contributed by atoms with Crippen LogP contribution in [0.3, 0.4) is 0 Å². The third-order valence-electron chi connectivity index (χ3n) is 3.92. The molecule has 3 N–H and O–H groups in total. The largest absolute Gasteiger partial charge is 0.493 e. The molecule has 1 saturated heterocycles. The first-order valence-electron chi connectivity index (χ1n) is 6.31. The average Bonchev–Trinajstić information content (AvgIpc) is 2.37. The zero-order valence-electron chi connectivity index (χ0n) is 11.2. The van der Waals surface area contributed by atoms with Crippen molar-refractivity contribution in [2.75, 3.05) is 25.1 Å². The summed E-state index contributed by atoms with van der Waals surface area (Å²) in [6, 6.07) is 5.30. The van der Waals surface area contributed by atoms with Crippen molar-refractivity contribution in [3.63, 3.8) is 0 Å². The van der Waals surface area contributed by atoms with E-state index >= 15 is 0 Å². The standard InChI is InChI=1S/C13H17N3O3S/c1-9-15-13(8-20(17,18)16(9)2)5-6-19-12-4-3-10(14)7-11(12)13/h3-4,7,15H,1,5-6,8,14H2,2H3/t13-/m0/s1. The van der Waals surface area contributed by atoms with Crippen LogP contribution in [0.1, 0.15) is 12.0 Å². The van der Waals surface area contributed by atoms with Gasteiger partial charge in [-0.05, 0) is 18.2 Å². The SMILES string of the molecule is C=C1N[C@@]2(CCOc3ccc(N)cc32)CS(=O)(=O)N1C. The van der Waals surface area contributed by atoms with E-state index in [9.17, 15) is 8.42 Å². The predicted molar refractivity (Wildman–Crippen MR) is 76.5 cm³/mol. The van der Waals surface area contributed by atoms with E-state index in [1.807, 2.05) is 0 Å². The lowest BCUT2D eigenvalue weighted by Crippen LogP contribution is -2.58. The first-order valence-corrected chi connectivity index (χ1v) is 7.91. The van der Waals surface area contributed by atoms with Crippen LogP contribution in [0.25, 0.3) is 0 Å². The van der Waals surface area contributed by atoms with Gasteiger partial charge in [-0.3, -0.25) is 4.31 Å². The zero-order chi connectivity index (χ0) is 14.5. The van der Waals surface area contributed by atoms with Gasteiger partial charge in [0.1, 0.15) is 11.6 Å². The number of nitrogens with zero attached hydrogens (tertiary/aromatic N) is 1. The second kappa shape index (κ2) is 4.05. The topological polar surface area (TPSA) is 84.7 Å². The van der Waals surface area contributed by atoms with Crippen LogP contribution < -0.4 is 15.8 Å². The molecule has 1 spiro atoms. The minimum atomic E-state index is -3.40. The van der Waals surface area contributed by atoms with Gasteiger partial charge in [-0.2, -0.15) is 0 Å². The number of nitrogen functional groups attached to an aromatic ring is 1. The highest BCUT2D eigenvalue weighted by atomic mass is 32.2. The Morgan fingerprint density at radius 3 is 2.95 bits per heavy atom. The highest BCUT2D eigenvalue weighted by Gasteiger charge is 2.47. The molecule has 7 heteroatoms. The number of nitrogens with one attached hydrogen (secondary N) is 1. The summed E-state index contributed by atoms with van der Waals surface area (Å²) in [4.78, 5) is 0. The highest BCUT2D eigenvalue weighted by Crippen LogP contribution is 2.42. The highest BCUT2D eigenvalue weighted by molar-refractivity contribution is 7.89. The van der Waals surface area contributed by atoms with Crippen LogP contribution in [0.2, 0.25) is 0 Å². The van der Waals surface area contributed by atoms with Crippen molar-refractivity contribution in [1.82, 2.24) is 9.62 Å². The Balaban J connectivity index is 2.16. The molecule has 6 nitrogen and oxygen atoms in total. The number of rotatable bonds is 0. The molecule has 1 aromatic rings. The summed E-state index contributed by atoms with van der Waals surface area (Å²) in [5.41, 5.74) is 6.48. The summed E-state index contributed by atoms with van der Waals surface area (Å²) in [5.74, 6) is 1.01. The number of anilines is 1. The van der Waals surface area contributed by atoms with Crippen LogP contribution in [0.5, 0.6) is 5.75 Å². The molecular weight excluding hydrogens is 278 g/mol. The summed E-state index contributed by atoms with van der Waals surface area (Å²) >= 11 is 0. The first kappa shape index (κ1) is 13.1. The average molecular weight is 295 g/mol. The molecule has 1 atom stereocenters. The number of fused-ring (bicyclic) bond motifs is 2. The first-order chi connectivity index (χ1) is 9.34. The second-order valence-electron chi connectivity index (χ2n) is 5.23. The Morgan fingerprint density at radius 1 is 1.50 bits per heavy atom. The van der Waals surface area contributed by atoms with E-state index in [0.29, 0.717) is 30.3 Å². The van der Waals surface area contributed by atoms with Gasteiger partial charge in [0.05, 0.1) is 17.9 Å². The molecule has 0 unspecified atom stereocenters. The van der Waals surface area contributed by atoms with Crippen molar-refractivity contribution in [2.24, 2.45) is 0 Å². The fraction of sp³-hybridized carbons (Fsp3) is 0.385. The van der Waals surface area contributed by atoms with E-state index in [2.05, 4.69) is 11.9 Å². The van der Waals surface area contributed by atoms with Crippen LogP contribution in [0.4, 0.5) is 5.69 Å². The molecule has 108 valence electrons. The molecule has 0 aromatic heterocycles. The number of hydrogen-bond acceptors (Lipinski definition) is 5. The molecule has 0 bridgehead atoms. The molecule has 2 aliphatic rings. The third kappa shape index (κ3) is 1.81. The molecule has 0 saturated carbocycles. The maximum absolute atomic E-state index is 12.3. The minimum Gasteiger partial charge on any atom is -0.493 e. The van der Waals surface area contributed by atoms with Gasteiger partial charge in [-0.15, -0.1) is 0 Å². The van der Waals surface area contributed by atoms with Crippen LogP contribution in [0.15, 0.2) is 30.6 Å². The van der Waals surface area contributed by atoms with Gasteiger partial charge in [-0.1, -0.05) is 6.58 Å². The third-order valence-corrected chi connectivity index (χ3v) is 5.83. The second-order valence-corrected chi connectivity index (χ2v) is 7.23. The van der Waals surface area contributed by atoms with Crippen LogP contribution in [-0.2, 0) is 15.6 Å². The van der Waals surface area contributed by atoms with E-state index in [-0.39, 0.29) is 5.75 Å². The van der Waals surface area contributed by atoms with Gasteiger partial charge in [0, 0.05) is 24.7 Å². The summed E-state index contributed by atoms with van der Waals surface area (Å²) < 4.78 is 31.4. The van der Waals surface area contributed by atoms with E-state index < -0.39 is 15.6 Å². The van der Waals surface area contributed by atoms with Crippen molar-refractivity contribution in [1.29, 1.82) is 0 Å². The van der Waals surface area contributed by atoms with Crippen molar-refractivity contribution >= 4 is 15.7 Å². The van der Waals surface area contributed by atoms with Crippen molar-refractivity contribution in [3.05, 3.63) is 36.2 Å². The lowest BCUT2D eigenvalue weighted by Gasteiger charge is -2.46. The Hall–Kier alpha value is -1.89. The maximum Gasteiger partial charge on any atom is 0.238 e. The molecule has 3 rings (SSSR count). The summed E-state index contributed by atoms with van der Waals surface area (Å²) in [6.07, 6.45) is 0.551. The molecule has 20 heavy (non-hydrogen) atoms. The van der Waals surface area contributed by atoms with Crippen molar-refractivity contribution in [3.8, 4) is 5.75 Å².